The normalized spacial score (nSPS) is 45.1. The van der Waals surface area contributed by atoms with Crippen LogP contribution in [0, 0.1) is 0 Å². The molecule has 1 N–H and O–H groups in total. The predicted octanol–water partition coefficient (Wildman–Crippen LogP) is 0.595. The fourth-order valence-corrected chi connectivity index (χ4v) is 2.42. The van der Waals surface area contributed by atoms with Gasteiger partial charge in [-0.15, -0.1) is 0 Å². The van der Waals surface area contributed by atoms with Crippen molar-refractivity contribution < 1.29 is 18.7 Å². The SMILES string of the molecule is O=C(O)C12CC(F)CN1C[C@@H](F)C2. The predicted molar refractivity (Wildman–Crippen MR) is 41.0 cm³/mol. The third-order valence-corrected chi connectivity index (χ3v) is 2.96. The average molecular weight is 191 g/mol. The molecule has 0 bridgehead atoms. The van der Waals surface area contributed by atoms with Gasteiger partial charge in [-0.1, -0.05) is 0 Å². The van der Waals surface area contributed by atoms with Gasteiger partial charge in [0.25, 0.3) is 0 Å². The highest BCUT2D eigenvalue weighted by Crippen LogP contribution is 2.41. The lowest BCUT2D eigenvalue weighted by Crippen LogP contribution is -2.45. The molecule has 0 aromatic heterocycles. The quantitative estimate of drug-likeness (QED) is 0.659. The minimum atomic E-state index is -1.25. The number of hydrogen-bond donors (Lipinski definition) is 1. The second kappa shape index (κ2) is 2.64. The molecule has 0 spiro atoms. The zero-order valence-electron chi connectivity index (χ0n) is 7.04. The van der Waals surface area contributed by atoms with Gasteiger partial charge in [0.15, 0.2) is 0 Å². The topological polar surface area (TPSA) is 40.5 Å². The Morgan fingerprint density at radius 1 is 1.31 bits per heavy atom. The van der Waals surface area contributed by atoms with Gasteiger partial charge in [0.05, 0.1) is 0 Å². The second-order valence-corrected chi connectivity index (χ2v) is 3.84. The first-order valence-corrected chi connectivity index (χ1v) is 4.31. The molecule has 3 nitrogen and oxygen atoms in total. The summed E-state index contributed by atoms with van der Waals surface area (Å²) in [5, 5.41) is 8.93. The molecule has 2 aliphatic rings. The first-order chi connectivity index (χ1) is 6.04. The van der Waals surface area contributed by atoms with Gasteiger partial charge in [0.1, 0.15) is 17.9 Å². The van der Waals surface area contributed by atoms with Crippen LogP contribution in [0.5, 0.6) is 0 Å². The van der Waals surface area contributed by atoms with E-state index in [2.05, 4.69) is 0 Å². The minimum absolute atomic E-state index is 0.0622. The summed E-state index contributed by atoms with van der Waals surface area (Å²) in [6.07, 6.45) is -2.38. The van der Waals surface area contributed by atoms with Gasteiger partial charge in [0, 0.05) is 25.9 Å². The molecule has 3 atom stereocenters. The summed E-state index contributed by atoms with van der Waals surface area (Å²) in [6, 6.07) is 0. The number of carboxylic acids is 1. The number of halogens is 2. The standard InChI is InChI=1S/C8H11F2NO2/c9-5-1-8(7(12)13)2-6(10)4-11(8)3-5/h5-6H,1-4H2,(H,12,13)/t5-,6?,8?/m0/s1. The van der Waals surface area contributed by atoms with E-state index in [0.717, 1.165) is 0 Å². The van der Waals surface area contributed by atoms with Gasteiger partial charge in [-0.05, 0) is 0 Å². The molecular weight excluding hydrogens is 180 g/mol. The Morgan fingerprint density at radius 3 is 2.08 bits per heavy atom. The molecule has 2 heterocycles. The lowest BCUT2D eigenvalue weighted by molar-refractivity contribution is -0.148. The molecule has 0 aromatic rings. The van der Waals surface area contributed by atoms with Crippen molar-refractivity contribution in [2.45, 2.75) is 30.7 Å². The Labute approximate surface area is 74.3 Å². The van der Waals surface area contributed by atoms with Crippen molar-refractivity contribution in [1.82, 2.24) is 4.90 Å². The summed E-state index contributed by atoms with van der Waals surface area (Å²) >= 11 is 0. The number of carboxylic acid groups (broad SMARTS) is 1. The number of rotatable bonds is 1. The highest BCUT2D eigenvalue weighted by molar-refractivity contribution is 5.80. The number of carbonyl (C=O) groups is 1. The van der Waals surface area contributed by atoms with Crippen LogP contribution in [0.2, 0.25) is 0 Å². The molecule has 74 valence electrons. The maximum absolute atomic E-state index is 12.9. The van der Waals surface area contributed by atoms with E-state index in [1.165, 1.54) is 4.90 Å². The van der Waals surface area contributed by atoms with Crippen LogP contribution in [0.3, 0.4) is 0 Å². The van der Waals surface area contributed by atoms with E-state index < -0.39 is 23.9 Å². The van der Waals surface area contributed by atoms with Crippen LogP contribution in [0.15, 0.2) is 0 Å². The van der Waals surface area contributed by atoms with Crippen LogP contribution in [0.4, 0.5) is 8.78 Å². The Kier molecular flexibility index (Phi) is 1.80. The smallest absolute Gasteiger partial charge is 0.324 e. The van der Waals surface area contributed by atoms with E-state index in [1.54, 1.807) is 0 Å². The van der Waals surface area contributed by atoms with Crippen molar-refractivity contribution in [2.24, 2.45) is 0 Å². The van der Waals surface area contributed by atoms with Crippen molar-refractivity contribution >= 4 is 5.97 Å². The van der Waals surface area contributed by atoms with Crippen LogP contribution in [-0.2, 0) is 4.79 Å². The zero-order chi connectivity index (χ0) is 9.64. The molecule has 2 fully saturated rings. The van der Waals surface area contributed by atoms with Crippen LogP contribution in [0.1, 0.15) is 12.8 Å². The van der Waals surface area contributed by atoms with Crippen LogP contribution >= 0.6 is 0 Å². The number of nitrogens with zero attached hydrogens (tertiary/aromatic N) is 1. The first-order valence-electron chi connectivity index (χ1n) is 4.31. The lowest BCUT2D eigenvalue weighted by atomic mass is 9.93. The molecule has 2 saturated heterocycles. The van der Waals surface area contributed by atoms with Crippen molar-refractivity contribution in [2.75, 3.05) is 13.1 Å². The minimum Gasteiger partial charge on any atom is -0.480 e. The Balaban J connectivity index is 2.26. The first kappa shape index (κ1) is 8.87. The number of alkyl halides is 2. The number of fused-ring (bicyclic) bond motifs is 1. The number of hydrogen-bond acceptors (Lipinski definition) is 2. The van der Waals surface area contributed by atoms with Crippen molar-refractivity contribution in [3.63, 3.8) is 0 Å². The van der Waals surface area contributed by atoms with Crippen LogP contribution < -0.4 is 0 Å². The van der Waals surface area contributed by atoms with Gasteiger partial charge >= 0.3 is 5.97 Å². The Bertz CT molecular complexity index is 232. The summed E-state index contributed by atoms with van der Waals surface area (Å²) in [5.74, 6) is -1.09. The fraction of sp³-hybridized carbons (Fsp3) is 0.875. The summed E-state index contributed by atoms with van der Waals surface area (Å²) < 4.78 is 25.9. The molecule has 2 unspecified atom stereocenters. The van der Waals surface area contributed by atoms with Gasteiger partial charge in [0.2, 0.25) is 0 Å². The van der Waals surface area contributed by atoms with Gasteiger partial charge in [-0.25, -0.2) is 8.78 Å². The maximum atomic E-state index is 12.9. The molecular formula is C8H11F2NO2. The highest BCUT2D eigenvalue weighted by Gasteiger charge is 2.57. The van der Waals surface area contributed by atoms with Crippen molar-refractivity contribution in [3.05, 3.63) is 0 Å². The second-order valence-electron chi connectivity index (χ2n) is 3.84. The molecule has 0 aliphatic carbocycles. The third kappa shape index (κ3) is 1.14. The summed E-state index contributed by atoms with van der Waals surface area (Å²) in [4.78, 5) is 12.3. The molecule has 13 heavy (non-hydrogen) atoms. The largest absolute Gasteiger partial charge is 0.480 e. The van der Waals surface area contributed by atoms with Gasteiger partial charge in [-0.2, -0.15) is 0 Å². The van der Waals surface area contributed by atoms with E-state index in [1.807, 2.05) is 0 Å². The summed E-state index contributed by atoms with van der Waals surface area (Å²) in [6.45, 7) is 0.124. The molecule has 2 rings (SSSR count). The summed E-state index contributed by atoms with van der Waals surface area (Å²) in [5.41, 5.74) is -1.25. The monoisotopic (exact) mass is 191 g/mol. The Hall–Kier alpha value is -0.710. The van der Waals surface area contributed by atoms with Crippen LogP contribution in [0.25, 0.3) is 0 Å². The van der Waals surface area contributed by atoms with E-state index in [0.29, 0.717) is 0 Å². The van der Waals surface area contributed by atoms with E-state index in [-0.39, 0.29) is 25.9 Å². The fourth-order valence-electron chi connectivity index (χ4n) is 2.42. The van der Waals surface area contributed by atoms with Crippen LogP contribution in [-0.4, -0.2) is 46.9 Å². The number of aliphatic carboxylic acids is 1. The average Bonchev–Trinajstić information content (AvgIpc) is 2.40. The third-order valence-electron chi connectivity index (χ3n) is 2.96. The van der Waals surface area contributed by atoms with E-state index in [4.69, 9.17) is 5.11 Å². The van der Waals surface area contributed by atoms with Gasteiger partial charge in [-0.3, -0.25) is 9.69 Å². The summed E-state index contributed by atoms with van der Waals surface area (Å²) in [7, 11) is 0. The maximum Gasteiger partial charge on any atom is 0.324 e. The molecule has 2 aliphatic heterocycles. The van der Waals surface area contributed by atoms with E-state index >= 15 is 0 Å². The van der Waals surface area contributed by atoms with E-state index in [9.17, 15) is 13.6 Å². The lowest BCUT2D eigenvalue weighted by Gasteiger charge is -2.25. The molecule has 0 radical (unpaired) electrons. The molecule has 0 amide bonds. The van der Waals surface area contributed by atoms with Gasteiger partial charge < -0.3 is 5.11 Å². The molecule has 5 heteroatoms. The highest BCUT2D eigenvalue weighted by atomic mass is 19.1. The Morgan fingerprint density at radius 2 is 1.77 bits per heavy atom. The zero-order valence-corrected chi connectivity index (χ0v) is 7.04. The van der Waals surface area contributed by atoms with Crippen molar-refractivity contribution in [1.29, 1.82) is 0 Å². The molecule has 0 aromatic carbocycles. The van der Waals surface area contributed by atoms with Crippen molar-refractivity contribution in [3.8, 4) is 0 Å². The molecule has 0 saturated carbocycles.